The topological polar surface area (TPSA) is 51.6 Å². The second-order valence-electron chi connectivity index (χ2n) is 10.4. The summed E-state index contributed by atoms with van der Waals surface area (Å²) in [5, 5.41) is 7.44. The van der Waals surface area contributed by atoms with Crippen LogP contribution in [0.3, 0.4) is 0 Å². The van der Waals surface area contributed by atoms with Gasteiger partial charge in [-0.25, -0.2) is 0 Å². The number of benzene rings is 4. The lowest BCUT2D eigenvalue weighted by Gasteiger charge is -2.13. The standard InChI is InChI=1S/C38H24N4/c1-2-8-32-31(7-1)35-19-25(27-11-15-37(41-23-27)29-5-3-17-39-21-29)9-13-33(35)34-14-10-26(20-36(32)34)28-12-16-38(42-24-28)30-6-4-18-40-22-30/h1-24H. The summed E-state index contributed by atoms with van der Waals surface area (Å²) in [5.74, 6) is 0. The maximum Gasteiger partial charge on any atom is 0.0717 e. The highest BCUT2D eigenvalue weighted by atomic mass is 14.7. The van der Waals surface area contributed by atoms with E-state index in [4.69, 9.17) is 9.97 Å². The van der Waals surface area contributed by atoms with Crippen molar-refractivity contribution in [3.05, 3.63) is 146 Å². The van der Waals surface area contributed by atoms with Crippen molar-refractivity contribution in [3.8, 4) is 44.8 Å². The largest absolute Gasteiger partial charge is 0.264 e. The van der Waals surface area contributed by atoms with Crippen LogP contribution in [0.2, 0.25) is 0 Å². The van der Waals surface area contributed by atoms with E-state index in [1.54, 1.807) is 12.4 Å². The molecule has 8 rings (SSSR count). The molecule has 0 atom stereocenters. The van der Waals surface area contributed by atoms with Crippen LogP contribution in [-0.4, -0.2) is 19.9 Å². The lowest BCUT2D eigenvalue weighted by Crippen LogP contribution is -1.89. The molecule has 4 aromatic carbocycles. The maximum absolute atomic E-state index is 4.73. The van der Waals surface area contributed by atoms with Crippen molar-refractivity contribution in [3.63, 3.8) is 0 Å². The minimum atomic E-state index is 0.918. The van der Waals surface area contributed by atoms with Gasteiger partial charge in [-0.3, -0.25) is 19.9 Å². The number of nitrogens with zero attached hydrogens (tertiary/aromatic N) is 4. The van der Waals surface area contributed by atoms with Crippen molar-refractivity contribution >= 4 is 32.3 Å². The average molecular weight is 537 g/mol. The van der Waals surface area contributed by atoms with Gasteiger partial charge in [0.1, 0.15) is 0 Å². The van der Waals surface area contributed by atoms with Crippen LogP contribution < -0.4 is 0 Å². The van der Waals surface area contributed by atoms with Gasteiger partial charge in [-0.05, 0) is 92.0 Å². The minimum Gasteiger partial charge on any atom is -0.264 e. The first-order chi connectivity index (χ1) is 20.8. The molecular formula is C38H24N4. The normalized spacial score (nSPS) is 11.3. The van der Waals surface area contributed by atoms with Crippen LogP contribution in [0.15, 0.2) is 146 Å². The third-order valence-electron chi connectivity index (χ3n) is 7.94. The van der Waals surface area contributed by atoms with Crippen LogP contribution >= 0.6 is 0 Å². The fourth-order valence-corrected chi connectivity index (χ4v) is 5.82. The van der Waals surface area contributed by atoms with Crippen LogP contribution in [0, 0.1) is 0 Å². The van der Waals surface area contributed by atoms with Crippen molar-refractivity contribution in [1.82, 2.24) is 19.9 Å². The molecule has 0 saturated carbocycles. The van der Waals surface area contributed by atoms with E-state index in [0.717, 1.165) is 44.8 Å². The van der Waals surface area contributed by atoms with Crippen molar-refractivity contribution in [2.24, 2.45) is 0 Å². The van der Waals surface area contributed by atoms with Gasteiger partial charge >= 0.3 is 0 Å². The fraction of sp³-hybridized carbons (Fsp3) is 0. The number of pyridine rings is 4. The molecule has 8 aromatic rings. The number of aromatic nitrogens is 4. The highest BCUT2D eigenvalue weighted by Gasteiger charge is 2.12. The van der Waals surface area contributed by atoms with E-state index in [1.165, 1.54) is 32.3 Å². The number of fused-ring (bicyclic) bond motifs is 6. The molecule has 4 aromatic heterocycles. The van der Waals surface area contributed by atoms with E-state index in [2.05, 4.69) is 94.9 Å². The predicted molar refractivity (Wildman–Crippen MR) is 172 cm³/mol. The first-order valence-electron chi connectivity index (χ1n) is 13.9. The molecule has 196 valence electrons. The Morgan fingerprint density at radius 1 is 0.310 bits per heavy atom. The molecule has 0 unspecified atom stereocenters. The van der Waals surface area contributed by atoms with Crippen molar-refractivity contribution in [2.75, 3.05) is 0 Å². The van der Waals surface area contributed by atoms with Crippen molar-refractivity contribution in [2.45, 2.75) is 0 Å². The van der Waals surface area contributed by atoms with E-state index >= 15 is 0 Å². The van der Waals surface area contributed by atoms with Gasteiger partial charge in [0, 0.05) is 59.4 Å². The zero-order chi connectivity index (χ0) is 27.9. The van der Waals surface area contributed by atoms with Gasteiger partial charge in [-0.1, -0.05) is 60.7 Å². The monoisotopic (exact) mass is 536 g/mol. The van der Waals surface area contributed by atoms with Gasteiger partial charge in [0.05, 0.1) is 11.4 Å². The third kappa shape index (κ3) is 4.18. The van der Waals surface area contributed by atoms with Crippen LogP contribution in [0.1, 0.15) is 0 Å². The predicted octanol–water partition coefficient (Wildman–Crippen LogP) is 9.39. The molecule has 4 heterocycles. The summed E-state index contributed by atoms with van der Waals surface area (Å²) in [4.78, 5) is 17.9. The smallest absolute Gasteiger partial charge is 0.0717 e. The molecule has 0 aliphatic carbocycles. The van der Waals surface area contributed by atoms with E-state index in [9.17, 15) is 0 Å². The molecule has 4 heteroatoms. The Morgan fingerprint density at radius 2 is 0.762 bits per heavy atom. The van der Waals surface area contributed by atoms with Crippen molar-refractivity contribution in [1.29, 1.82) is 0 Å². The molecule has 0 fully saturated rings. The second-order valence-corrected chi connectivity index (χ2v) is 10.4. The van der Waals surface area contributed by atoms with Crippen LogP contribution in [0.5, 0.6) is 0 Å². The summed E-state index contributed by atoms with van der Waals surface area (Å²) in [5.41, 5.74) is 8.34. The second kappa shape index (κ2) is 10.0. The molecule has 0 saturated heterocycles. The number of rotatable bonds is 4. The molecular weight excluding hydrogens is 512 g/mol. The van der Waals surface area contributed by atoms with Gasteiger partial charge in [-0.15, -0.1) is 0 Å². The third-order valence-corrected chi connectivity index (χ3v) is 7.94. The van der Waals surface area contributed by atoms with Gasteiger partial charge < -0.3 is 0 Å². The Hall–Kier alpha value is -5.74. The summed E-state index contributed by atoms with van der Waals surface area (Å²) >= 11 is 0. The van der Waals surface area contributed by atoms with Crippen LogP contribution in [-0.2, 0) is 0 Å². The Bertz CT molecular complexity index is 2030. The summed E-state index contributed by atoms with van der Waals surface area (Å²) in [7, 11) is 0. The molecule has 4 nitrogen and oxygen atoms in total. The molecule has 0 bridgehead atoms. The molecule has 0 aliphatic rings. The Labute approximate surface area is 243 Å². The highest BCUT2D eigenvalue weighted by Crippen LogP contribution is 2.39. The first kappa shape index (κ1) is 24.1. The summed E-state index contributed by atoms with van der Waals surface area (Å²) < 4.78 is 0. The molecule has 0 amide bonds. The molecule has 0 aliphatic heterocycles. The average Bonchev–Trinajstić information content (AvgIpc) is 3.09. The van der Waals surface area contributed by atoms with Gasteiger partial charge in [-0.2, -0.15) is 0 Å². The zero-order valence-electron chi connectivity index (χ0n) is 22.6. The maximum atomic E-state index is 4.73. The lowest BCUT2D eigenvalue weighted by atomic mass is 9.90. The molecule has 42 heavy (non-hydrogen) atoms. The van der Waals surface area contributed by atoms with E-state index in [-0.39, 0.29) is 0 Å². The number of hydrogen-bond acceptors (Lipinski definition) is 4. The SMILES string of the molecule is c1cncc(-c2ccc(-c3ccc4c5ccc(-c6ccc(-c7cccnc7)nc6)cc5c5ccccc5c4c3)cn2)c1. The molecule has 0 radical (unpaired) electrons. The van der Waals surface area contributed by atoms with Crippen LogP contribution in [0.4, 0.5) is 0 Å². The first-order valence-corrected chi connectivity index (χ1v) is 13.9. The summed E-state index contributed by atoms with van der Waals surface area (Å²) in [6.07, 6.45) is 11.1. The van der Waals surface area contributed by atoms with Crippen molar-refractivity contribution < 1.29 is 0 Å². The van der Waals surface area contributed by atoms with Gasteiger partial charge in [0.25, 0.3) is 0 Å². The molecule has 0 spiro atoms. The minimum absolute atomic E-state index is 0.918. The van der Waals surface area contributed by atoms with Gasteiger partial charge in [0.2, 0.25) is 0 Å². The fourth-order valence-electron chi connectivity index (χ4n) is 5.82. The Balaban J connectivity index is 1.22. The molecule has 0 N–H and O–H groups in total. The van der Waals surface area contributed by atoms with E-state index in [1.807, 2.05) is 49.1 Å². The van der Waals surface area contributed by atoms with Gasteiger partial charge in [0.15, 0.2) is 0 Å². The van der Waals surface area contributed by atoms with E-state index in [0.29, 0.717) is 0 Å². The van der Waals surface area contributed by atoms with E-state index < -0.39 is 0 Å². The Kier molecular flexibility index (Phi) is 5.75. The highest BCUT2D eigenvalue weighted by molar-refractivity contribution is 6.26. The Morgan fingerprint density at radius 3 is 1.17 bits per heavy atom. The lowest BCUT2D eigenvalue weighted by molar-refractivity contribution is 1.28. The summed E-state index contributed by atoms with van der Waals surface area (Å²) in [6, 6.07) is 38.5. The number of hydrogen-bond donors (Lipinski definition) is 0. The quantitative estimate of drug-likeness (QED) is 0.210. The zero-order valence-corrected chi connectivity index (χ0v) is 22.6. The summed E-state index contributed by atoms with van der Waals surface area (Å²) in [6.45, 7) is 0. The van der Waals surface area contributed by atoms with Crippen LogP contribution in [0.25, 0.3) is 77.1 Å².